The van der Waals surface area contributed by atoms with Crippen molar-refractivity contribution < 1.29 is 117 Å². The lowest BCUT2D eigenvalue weighted by Gasteiger charge is -2.49. The van der Waals surface area contributed by atoms with Crippen molar-refractivity contribution in [2.45, 2.75) is 382 Å². The first-order valence-electron chi connectivity index (χ1n) is 38.9. The van der Waals surface area contributed by atoms with E-state index in [2.05, 4.69) is 27.7 Å². The predicted octanol–water partition coefficient (Wildman–Crippen LogP) is 11.1. The van der Waals surface area contributed by atoms with Crippen LogP contribution in [0, 0.1) is 5.92 Å². The molecule has 0 radical (unpaired) electrons. The maximum absolute atomic E-state index is 14.3. The van der Waals surface area contributed by atoms with Gasteiger partial charge in [-0.15, -0.1) is 0 Å². The Balaban J connectivity index is 1.76. The van der Waals surface area contributed by atoms with Crippen LogP contribution in [0.15, 0.2) is 48.6 Å². The molecular weight excluding hydrogens is 1330 g/mol. The zero-order valence-electron chi connectivity index (χ0n) is 61.6. The fourth-order valence-corrected chi connectivity index (χ4v) is 13.7. The maximum atomic E-state index is 14.3. The number of phosphoric acid groups is 1. The highest BCUT2D eigenvalue weighted by molar-refractivity contribution is 7.47. The van der Waals surface area contributed by atoms with Crippen molar-refractivity contribution in [1.29, 1.82) is 0 Å². The lowest BCUT2D eigenvalue weighted by molar-refractivity contribution is -0.360. The third-order valence-electron chi connectivity index (χ3n) is 19.2. The van der Waals surface area contributed by atoms with Crippen LogP contribution in [0.2, 0.25) is 0 Å². The fourth-order valence-electron chi connectivity index (χ4n) is 12.8. The van der Waals surface area contributed by atoms with Crippen LogP contribution in [0.5, 0.6) is 0 Å². The van der Waals surface area contributed by atoms with Crippen LogP contribution in [0.4, 0.5) is 0 Å². The second-order valence-corrected chi connectivity index (χ2v) is 29.5. The van der Waals surface area contributed by atoms with Crippen molar-refractivity contribution in [1.82, 2.24) is 0 Å². The van der Waals surface area contributed by atoms with Crippen molar-refractivity contribution in [3.05, 3.63) is 48.6 Å². The van der Waals surface area contributed by atoms with Crippen LogP contribution in [-0.4, -0.2) is 204 Å². The highest BCUT2D eigenvalue weighted by Gasteiger charge is 2.58. The molecule has 2 aliphatic heterocycles. The molecule has 3 fully saturated rings. The molecule has 0 spiro atoms. The van der Waals surface area contributed by atoms with E-state index >= 15 is 0 Å². The quantitative estimate of drug-likeness (QED) is 0.00673. The van der Waals surface area contributed by atoms with Crippen LogP contribution in [0.25, 0.3) is 0 Å². The van der Waals surface area contributed by atoms with E-state index in [1.54, 1.807) is 12.2 Å². The Morgan fingerprint density at radius 3 is 1.27 bits per heavy atom. The van der Waals surface area contributed by atoms with Gasteiger partial charge in [0.05, 0.1) is 13.2 Å². The lowest BCUT2D eigenvalue weighted by atomic mass is 9.84. The van der Waals surface area contributed by atoms with Gasteiger partial charge in [-0.25, -0.2) is 14.2 Å². The Kier molecular flexibility index (Phi) is 51.3. The Bertz CT molecular complexity index is 2290. The minimum atomic E-state index is -5.75. The number of phosphoric ester groups is 1. The maximum Gasteiger partial charge on any atom is 0.472 e. The number of carbonyl (C=O) groups is 3. The monoisotopic (exact) mass is 1460 g/mol. The molecule has 2 heterocycles. The van der Waals surface area contributed by atoms with Gasteiger partial charge in [0.15, 0.2) is 18.7 Å². The van der Waals surface area contributed by atoms with Crippen molar-refractivity contribution in [3.63, 3.8) is 0 Å². The molecule has 0 bridgehead atoms. The molecule has 101 heavy (non-hydrogen) atoms. The van der Waals surface area contributed by atoms with Crippen LogP contribution in [0.3, 0.4) is 0 Å². The summed E-state index contributed by atoms with van der Waals surface area (Å²) in [5, 5.41) is 110. The Labute approximate surface area is 603 Å². The average Bonchev–Trinajstić information content (AvgIpc) is 0.762. The summed E-state index contributed by atoms with van der Waals surface area (Å²) in [4.78, 5) is 50.8. The van der Waals surface area contributed by atoms with E-state index in [1.165, 1.54) is 166 Å². The van der Waals surface area contributed by atoms with E-state index in [0.717, 1.165) is 95.6 Å². The third kappa shape index (κ3) is 39.4. The topological polar surface area (TPSA) is 374 Å². The summed E-state index contributed by atoms with van der Waals surface area (Å²) in [6, 6.07) is 0. The number of hydrogen-bond donors (Lipinski definition) is 11. The molecule has 24 nitrogen and oxygen atoms in total. The van der Waals surface area contributed by atoms with E-state index in [0.29, 0.717) is 12.3 Å². The van der Waals surface area contributed by atoms with Gasteiger partial charge in [0.25, 0.3) is 0 Å². The molecule has 1 saturated carbocycles. The number of aliphatic hydroxyl groups is 10. The van der Waals surface area contributed by atoms with Crippen molar-refractivity contribution in [2.75, 3.05) is 26.4 Å². The molecule has 1 aliphatic carbocycles. The minimum absolute atomic E-state index is 0.0210. The predicted molar refractivity (Wildman–Crippen MR) is 383 cm³/mol. The SMILES string of the molecule is CCCCCCCCCCCCC/C=C/C=C/C(=O)OCC(COP(=O)(O)OC1C(OC2OC(CO)C(O)C(O)C2O)C(O)C(O)C(O)C1OC1OC(COC(=O)CCCCCCCCC(C)CCCCCCCC)C(O)C(O)C1O)OC(=O)/C=C/C=C/CCCCCCCCCCCCC. The number of rotatable bonds is 59. The molecule has 25 heteroatoms. The number of carbonyl (C=O) groups excluding carboxylic acids is 3. The number of unbranched alkanes of at least 4 members (excludes halogenated alkanes) is 32. The lowest BCUT2D eigenvalue weighted by Crippen LogP contribution is -2.69. The summed E-state index contributed by atoms with van der Waals surface area (Å²) in [7, 11) is -5.75. The number of allylic oxidation sites excluding steroid dienone is 6. The van der Waals surface area contributed by atoms with Crippen LogP contribution in [-0.2, 0) is 61.2 Å². The van der Waals surface area contributed by atoms with Crippen molar-refractivity contribution in [3.8, 4) is 0 Å². The van der Waals surface area contributed by atoms with E-state index < -0.39 is 156 Å². The van der Waals surface area contributed by atoms with E-state index in [9.17, 15) is 74.9 Å². The molecule has 0 aromatic heterocycles. The van der Waals surface area contributed by atoms with Crippen molar-refractivity contribution >= 4 is 25.7 Å². The first-order chi connectivity index (χ1) is 48.7. The zero-order chi connectivity index (χ0) is 74.1. The van der Waals surface area contributed by atoms with Gasteiger partial charge in [-0.1, -0.05) is 276 Å². The largest absolute Gasteiger partial charge is 0.472 e. The summed E-state index contributed by atoms with van der Waals surface area (Å²) in [5.74, 6) is -1.81. The Morgan fingerprint density at radius 1 is 0.436 bits per heavy atom. The molecule has 3 rings (SSSR count). The summed E-state index contributed by atoms with van der Waals surface area (Å²) in [6.07, 6.45) is 20.2. The second kappa shape index (κ2) is 56.2. The fraction of sp³-hybridized carbons (Fsp3) is 0.855. The molecular formula is C76H135O24P. The van der Waals surface area contributed by atoms with Gasteiger partial charge < -0.3 is 89.1 Å². The van der Waals surface area contributed by atoms with Gasteiger partial charge in [-0.05, 0) is 38.0 Å². The molecule has 588 valence electrons. The Morgan fingerprint density at radius 2 is 0.822 bits per heavy atom. The van der Waals surface area contributed by atoms with Gasteiger partial charge in [0.2, 0.25) is 0 Å². The van der Waals surface area contributed by atoms with Crippen LogP contribution < -0.4 is 0 Å². The molecule has 2 saturated heterocycles. The second-order valence-electron chi connectivity index (χ2n) is 28.1. The summed E-state index contributed by atoms with van der Waals surface area (Å²) >= 11 is 0. The van der Waals surface area contributed by atoms with E-state index in [1.807, 2.05) is 12.2 Å². The highest BCUT2D eigenvalue weighted by Crippen LogP contribution is 2.49. The summed E-state index contributed by atoms with van der Waals surface area (Å²) in [6.45, 7) is 5.54. The molecule has 0 aromatic rings. The van der Waals surface area contributed by atoms with Crippen LogP contribution in [0.1, 0.15) is 278 Å². The smallest absolute Gasteiger partial charge is 0.463 e. The van der Waals surface area contributed by atoms with E-state index in [4.69, 9.17) is 42.2 Å². The molecule has 0 amide bonds. The normalized spacial score (nSPS) is 27.8. The first-order valence-corrected chi connectivity index (χ1v) is 40.4. The average molecular weight is 1460 g/mol. The molecule has 3 aliphatic rings. The van der Waals surface area contributed by atoms with Gasteiger partial charge in [-0.2, -0.15) is 0 Å². The van der Waals surface area contributed by atoms with Crippen molar-refractivity contribution in [2.24, 2.45) is 5.92 Å². The van der Waals surface area contributed by atoms with Gasteiger partial charge >= 0.3 is 25.7 Å². The molecule has 0 aromatic carbocycles. The standard InChI is InChI=1S/C76H135O24P/c1-5-8-11-14-17-19-21-23-25-27-29-31-33-39-44-49-60(78)92-53-57(95-62(80)51-46-41-34-32-30-28-26-24-22-20-18-15-12-9-6-2)54-94-101(90,91)100-74-72(98-75-70(88)65(83)63(81)58(52-77)96-75)68(86)67(85)69(87)73(74)99-76-71(89)66(84)64(82)59(97-76)55-93-61(79)50-45-40-36-35-38-43-48-56(4)47-42-37-16-13-10-7-3/h33-34,39,41,44,46,49,51,56-59,63-77,81-89H,5-32,35-38,40,42-43,45,47-48,50,52-55H2,1-4H3,(H,90,91)/b39-33+,41-34+,49-44+,51-46+. The summed E-state index contributed by atoms with van der Waals surface area (Å²) < 4.78 is 64.7. The molecule has 11 N–H and O–H groups in total. The zero-order valence-corrected chi connectivity index (χ0v) is 62.5. The number of ether oxygens (including phenoxy) is 7. The first kappa shape index (κ1) is 92.1. The number of hydrogen-bond acceptors (Lipinski definition) is 23. The number of esters is 3. The highest BCUT2D eigenvalue weighted by atomic mass is 31.2. The van der Waals surface area contributed by atoms with E-state index in [-0.39, 0.29) is 6.42 Å². The third-order valence-corrected chi connectivity index (χ3v) is 20.2. The molecule has 19 atom stereocenters. The van der Waals surface area contributed by atoms with Gasteiger partial charge in [-0.3, -0.25) is 13.8 Å². The molecule has 19 unspecified atom stereocenters. The van der Waals surface area contributed by atoms with Crippen LogP contribution >= 0.6 is 7.82 Å². The Hall–Kier alpha value is -3.08. The van der Waals surface area contributed by atoms with Gasteiger partial charge in [0.1, 0.15) is 98.7 Å². The summed E-state index contributed by atoms with van der Waals surface area (Å²) in [5.41, 5.74) is 0. The van der Waals surface area contributed by atoms with Gasteiger partial charge in [0, 0.05) is 18.6 Å². The minimum Gasteiger partial charge on any atom is -0.463 e. The number of aliphatic hydroxyl groups excluding tert-OH is 10.